The van der Waals surface area contributed by atoms with E-state index in [4.69, 9.17) is 10.5 Å². The first-order valence-corrected chi connectivity index (χ1v) is 15.1. The number of carbonyl (C=O) groups is 1. The summed E-state index contributed by atoms with van der Waals surface area (Å²) in [7, 11) is 0. The van der Waals surface area contributed by atoms with E-state index in [9.17, 15) is 4.79 Å². The van der Waals surface area contributed by atoms with Gasteiger partial charge in [-0.25, -0.2) is 0 Å². The Morgan fingerprint density at radius 1 is 0.725 bits per heavy atom. The second kappa shape index (κ2) is 13.7. The minimum atomic E-state index is -0.792. The Hall–Kier alpha value is -3.51. The lowest BCUT2D eigenvalue weighted by molar-refractivity contribution is 0.0673. The Balaban J connectivity index is 0.00000106. The van der Waals surface area contributed by atoms with E-state index in [2.05, 4.69) is 80.0 Å². The van der Waals surface area contributed by atoms with Crippen molar-refractivity contribution in [3.63, 3.8) is 0 Å². The summed E-state index contributed by atoms with van der Waals surface area (Å²) < 4.78 is 6.68. The van der Waals surface area contributed by atoms with Gasteiger partial charge in [0.1, 0.15) is 17.0 Å². The first kappa shape index (κ1) is 31.0. The van der Waals surface area contributed by atoms with Gasteiger partial charge in [-0.2, -0.15) is 0 Å². The Morgan fingerprint density at radius 3 is 1.65 bits per heavy atom. The van der Waals surface area contributed by atoms with Gasteiger partial charge in [0.05, 0.1) is 0 Å². The van der Waals surface area contributed by atoms with Crippen LogP contribution in [-0.4, -0.2) is 50.1 Å². The average molecular weight is 545 g/mol. The molecule has 0 saturated heterocycles. The normalized spacial score (nSPS) is 13.6. The summed E-state index contributed by atoms with van der Waals surface area (Å²) in [6.45, 7) is 21.1. The fourth-order valence-corrected chi connectivity index (χ4v) is 6.03. The van der Waals surface area contributed by atoms with Crippen LogP contribution in [0.3, 0.4) is 0 Å². The summed E-state index contributed by atoms with van der Waals surface area (Å²) in [6, 6.07) is 20.8. The average Bonchev–Trinajstić information content (AvgIpc) is 3.25. The number of carbonyl (C=O) groups excluding carboxylic acids is 1. The van der Waals surface area contributed by atoms with Crippen molar-refractivity contribution in [1.82, 2.24) is 4.90 Å². The molecule has 2 heterocycles. The first-order chi connectivity index (χ1) is 19.5. The van der Waals surface area contributed by atoms with Gasteiger partial charge in [0.2, 0.25) is 0 Å². The maximum absolute atomic E-state index is 13.8. The van der Waals surface area contributed by atoms with E-state index in [1.54, 1.807) is 0 Å². The van der Waals surface area contributed by atoms with Gasteiger partial charge in [0.15, 0.2) is 0 Å². The molecular formula is C34H48N4O2. The summed E-state index contributed by atoms with van der Waals surface area (Å²) in [5.74, 6) is 1.58. The van der Waals surface area contributed by atoms with Gasteiger partial charge in [-0.1, -0.05) is 58.0 Å². The monoisotopic (exact) mass is 544 g/mol. The van der Waals surface area contributed by atoms with Gasteiger partial charge in [-0.3, -0.25) is 4.79 Å². The largest absolute Gasteiger partial charge is 0.456 e. The molecule has 0 saturated carbocycles. The van der Waals surface area contributed by atoms with E-state index in [1.807, 2.05) is 50.8 Å². The highest BCUT2D eigenvalue weighted by atomic mass is 16.5. The highest BCUT2D eigenvalue weighted by molar-refractivity contribution is 6.02. The number of hydrogen-bond acceptors (Lipinski definition) is 5. The number of nitrogens with zero attached hydrogens (tertiary/aromatic N) is 3. The molecule has 0 aliphatic carbocycles. The molecule has 0 radical (unpaired) electrons. The second-order valence-corrected chi connectivity index (χ2v) is 9.31. The van der Waals surface area contributed by atoms with E-state index in [0.29, 0.717) is 13.1 Å². The molecule has 2 aliphatic rings. The lowest BCUT2D eigenvalue weighted by atomic mass is 9.74. The van der Waals surface area contributed by atoms with E-state index >= 15 is 0 Å². The Bertz CT molecular complexity index is 1220. The standard InChI is InChI=1S/C30H36N4O2.2C2H6/c1-5-32(6-2)21-13-15-25-27(19-21)36-28-20-22(33(7-3)8-4)14-16-26(28)30(25)24-12-10-9-11-23(24)29(35)34(30)18-17-31;2*1-2/h9-16,19-20H,5-8,17-18,31H2,1-4H3;2*1-2H3. The summed E-state index contributed by atoms with van der Waals surface area (Å²) in [5.41, 5.74) is 11.2. The molecule has 2 N–H and O–H groups in total. The molecule has 0 unspecified atom stereocenters. The van der Waals surface area contributed by atoms with Crippen molar-refractivity contribution in [3.05, 3.63) is 82.9 Å². The number of ether oxygens (including phenoxy) is 1. The summed E-state index contributed by atoms with van der Waals surface area (Å²) in [5, 5.41) is 0. The molecule has 6 heteroatoms. The molecule has 3 aromatic rings. The van der Waals surface area contributed by atoms with Crippen LogP contribution >= 0.6 is 0 Å². The molecule has 0 fully saturated rings. The summed E-state index contributed by atoms with van der Waals surface area (Å²) in [4.78, 5) is 20.4. The molecule has 5 rings (SSSR count). The number of anilines is 2. The summed E-state index contributed by atoms with van der Waals surface area (Å²) in [6.07, 6.45) is 0. The molecule has 1 amide bonds. The Labute approximate surface area is 241 Å². The molecular weight excluding hydrogens is 496 g/mol. The fourth-order valence-electron chi connectivity index (χ4n) is 6.03. The van der Waals surface area contributed by atoms with Gasteiger partial charge >= 0.3 is 0 Å². The fraction of sp³-hybridized carbons (Fsp3) is 0.441. The molecule has 40 heavy (non-hydrogen) atoms. The molecule has 2 aliphatic heterocycles. The van der Waals surface area contributed by atoms with Gasteiger partial charge in [0, 0.05) is 79.5 Å². The van der Waals surface area contributed by atoms with Crippen LogP contribution in [-0.2, 0) is 5.54 Å². The zero-order valence-electron chi connectivity index (χ0n) is 25.8. The van der Waals surface area contributed by atoms with Crippen LogP contribution in [0.5, 0.6) is 11.5 Å². The van der Waals surface area contributed by atoms with E-state index in [0.717, 1.165) is 71.3 Å². The number of nitrogens with two attached hydrogens (primary N) is 1. The van der Waals surface area contributed by atoms with Crippen molar-refractivity contribution in [3.8, 4) is 11.5 Å². The maximum atomic E-state index is 13.8. The number of amides is 1. The van der Waals surface area contributed by atoms with Crippen LogP contribution in [0, 0.1) is 0 Å². The third kappa shape index (κ3) is 4.94. The predicted octanol–water partition coefficient (Wildman–Crippen LogP) is 7.24. The van der Waals surface area contributed by atoms with Crippen LogP contribution in [0.1, 0.15) is 82.4 Å². The molecule has 0 bridgehead atoms. The van der Waals surface area contributed by atoms with E-state index < -0.39 is 5.54 Å². The number of hydrogen-bond donors (Lipinski definition) is 1. The predicted molar refractivity (Wildman–Crippen MR) is 169 cm³/mol. The Kier molecular flexibility index (Phi) is 10.6. The highest BCUT2D eigenvalue weighted by Crippen LogP contribution is 2.58. The molecule has 3 aromatic carbocycles. The van der Waals surface area contributed by atoms with Crippen molar-refractivity contribution in [2.24, 2.45) is 5.73 Å². The number of fused-ring (bicyclic) bond motifs is 6. The van der Waals surface area contributed by atoms with Gasteiger partial charge < -0.3 is 25.2 Å². The van der Waals surface area contributed by atoms with Crippen molar-refractivity contribution in [2.45, 2.75) is 60.9 Å². The van der Waals surface area contributed by atoms with Crippen molar-refractivity contribution >= 4 is 17.3 Å². The lowest BCUT2D eigenvalue weighted by Gasteiger charge is -2.44. The summed E-state index contributed by atoms with van der Waals surface area (Å²) >= 11 is 0. The minimum absolute atomic E-state index is 0.00971. The zero-order chi connectivity index (χ0) is 29.4. The number of benzene rings is 3. The van der Waals surface area contributed by atoms with Gasteiger partial charge in [0.25, 0.3) is 5.91 Å². The maximum Gasteiger partial charge on any atom is 0.255 e. The van der Waals surface area contributed by atoms with Crippen LogP contribution in [0.25, 0.3) is 0 Å². The zero-order valence-corrected chi connectivity index (χ0v) is 25.8. The van der Waals surface area contributed by atoms with Crippen LogP contribution < -0.4 is 20.3 Å². The third-order valence-corrected chi connectivity index (χ3v) is 7.74. The first-order valence-electron chi connectivity index (χ1n) is 15.1. The molecule has 216 valence electrons. The van der Waals surface area contributed by atoms with E-state index in [1.165, 1.54) is 0 Å². The van der Waals surface area contributed by atoms with Gasteiger partial charge in [-0.15, -0.1) is 0 Å². The van der Waals surface area contributed by atoms with Crippen LogP contribution in [0.4, 0.5) is 11.4 Å². The molecule has 0 aromatic heterocycles. The van der Waals surface area contributed by atoms with Crippen molar-refractivity contribution < 1.29 is 9.53 Å². The van der Waals surface area contributed by atoms with E-state index in [-0.39, 0.29) is 5.91 Å². The molecule has 6 nitrogen and oxygen atoms in total. The highest BCUT2D eigenvalue weighted by Gasteiger charge is 2.56. The second-order valence-electron chi connectivity index (χ2n) is 9.31. The topological polar surface area (TPSA) is 62.0 Å². The Morgan fingerprint density at radius 2 is 1.20 bits per heavy atom. The molecule has 1 spiro atoms. The lowest BCUT2D eigenvalue weighted by Crippen LogP contribution is -2.49. The molecule has 0 atom stereocenters. The quantitative estimate of drug-likeness (QED) is 0.324. The van der Waals surface area contributed by atoms with Crippen LogP contribution in [0.2, 0.25) is 0 Å². The number of rotatable bonds is 8. The smallest absolute Gasteiger partial charge is 0.255 e. The third-order valence-electron chi connectivity index (χ3n) is 7.74. The van der Waals surface area contributed by atoms with Gasteiger partial charge in [-0.05, 0) is 51.5 Å². The van der Waals surface area contributed by atoms with Crippen molar-refractivity contribution in [2.75, 3.05) is 49.1 Å². The SMILES string of the molecule is CC.CC.CCN(CC)c1ccc2c(c1)Oc1cc(N(CC)CC)ccc1C21c2ccccc2C(=O)N1CCN. The minimum Gasteiger partial charge on any atom is -0.456 e. The van der Waals surface area contributed by atoms with Crippen LogP contribution in [0.15, 0.2) is 60.7 Å². The van der Waals surface area contributed by atoms with Crippen molar-refractivity contribution in [1.29, 1.82) is 0 Å².